The molecule has 0 bridgehead atoms. The van der Waals surface area contributed by atoms with Crippen molar-refractivity contribution in [2.24, 2.45) is 0 Å². The van der Waals surface area contributed by atoms with Crippen LogP contribution in [0.4, 0.5) is 19.3 Å². The monoisotopic (exact) mass is 426 g/mol. The van der Waals surface area contributed by atoms with Crippen molar-refractivity contribution in [3.8, 4) is 0 Å². The summed E-state index contributed by atoms with van der Waals surface area (Å²) >= 11 is 6.43. The number of benzene rings is 1. The van der Waals surface area contributed by atoms with Crippen LogP contribution >= 0.6 is 11.6 Å². The number of aromatic nitrogens is 1. The molecule has 1 aromatic carbocycles. The third-order valence-corrected chi connectivity index (χ3v) is 6.35. The lowest BCUT2D eigenvalue weighted by Crippen LogP contribution is -2.54. The number of hydrogen-bond donors (Lipinski definition) is 3. The van der Waals surface area contributed by atoms with Gasteiger partial charge in [0, 0.05) is 31.1 Å². The van der Waals surface area contributed by atoms with Gasteiger partial charge in [0.25, 0.3) is 0 Å². The van der Waals surface area contributed by atoms with Crippen LogP contribution in [-0.2, 0) is 16.8 Å². The van der Waals surface area contributed by atoms with Crippen LogP contribution in [0.1, 0.15) is 43.6 Å². The highest BCUT2D eigenvalue weighted by Crippen LogP contribution is 2.51. The summed E-state index contributed by atoms with van der Waals surface area (Å²) in [6.07, 6.45) is 0.498. The summed E-state index contributed by atoms with van der Waals surface area (Å²) < 4.78 is 39.1. The lowest BCUT2D eigenvalue weighted by atomic mass is 9.73. The molecule has 7 nitrogen and oxygen atoms in total. The Morgan fingerprint density at radius 3 is 2.83 bits per heavy atom. The molecular formula is C19H21ClF2N4O3. The second kappa shape index (κ2) is 6.78. The van der Waals surface area contributed by atoms with Gasteiger partial charge in [-0.2, -0.15) is 0 Å². The van der Waals surface area contributed by atoms with E-state index in [0.29, 0.717) is 46.4 Å². The fourth-order valence-electron chi connectivity index (χ4n) is 4.50. The Bertz CT molecular complexity index is 964. The Kier molecular flexibility index (Phi) is 4.45. The summed E-state index contributed by atoms with van der Waals surface area (Å²) in [4.78, 5) is 16.8. The van der Waals surface area contributed by atoms with Crippen LogP contribution in [0.3, 0.4) is 0 Å². The van der Waals surface area contributed by atoms with Gasteiger partial charge in [-0.3, -0.25) is 0 Å². The molecule has 2 aromatic rings. The Morgan fingerprint density at radius 2 is 2.10 bits per heavy atom. The van der Waals surface area contributed by atoms with Gasteiger partial charge in [-0.1, -0.05) is 11.6 Å². The second-order valence-electron chi connectivity index (χ2n) is 8.02. The molecule has 1 aromatic heterocycles. The molecule has 1 saturated carbocycles. The Balaban J connectivity index is 1.55. The molecule has 2 aliphatic heterocycles. The van der Waals surface area contributed by atoms with Gasteiger partial charge < -0.3 is 25.1 Å². The van der Waals surface area contributed by atoms with Crippen LogP contribution in [-0.4, -0.2) is 36.2 Å². The smallest absolute Gasteiger partial charge is 0.319 e. The van der Waals surface area contributed by atoms with Crippen LogP contribution in [0.15, 0.2) is 10.5 Å². The molecule has 0 radical (unpaired) electrons. The van der Waals surface area contributed by atoms with Gasteiger partial charge in [0.15, 0.2) is 5.58 Å². The van der Waals surface area contributed by atoms with Gasteiger partial charge in [-0.15, -0.1) is 0 Å². The molecule has 1 spiro atoms. The quantitative estimate of drug-likeness (QED) is 0.692. The number of oxazole rings is 1. The minimum absolute atomic E-state index is 0.101. The molecule has 10 heteroatoms. The van der Waals surface area contributed by atoms with Gasteiger partial charge in [0.05, 0.1) is 29.4 Å². The summed E-state index contributed by atoms with van der Waals surface area (Å²) in [7, 11) is 0. The predicted octanol–water partition coefficient (Wildman–Crippen LogP) is 3.90. The van der Waals surface area contributed by atoms with Gasteiger partial charge >= 0.3 is 6.03 Å². The first-order valence-corrected chi connectivity index (χ1v) is 10.1. The maximum atomic E-state index is 13.9. The van der Waals surface area contributed by atoms with E-state index in [0.717, 1.165) is 13.0 Å². The van der Waals surface area contributed by atoms with Gasteiger partial charge in [-0.25, -0.2) is 18.6 Å². The maximum Gasteiger partial charge on any atom is 0.319 e. The number of nitrogens with zero attached hydrogens (tertiary/aromatic N) is 1. The first-order chi connectivity index (χ1) is 13.9. The molecule has 29 heavy (non-hydrogen) atoms. The number of anilines is 1. The number of amides is 2. The van der Waals surface area contributed by atoms with E-state index in [1.165, 1.54) is 0 Å². The number of hydrogen-bond acceptors (Lipinski definition) is 5. The number of carbonyl (C=O) groups is 1. The van der Waals surface area contributed by atoms with Crippen LogP contribution in [0.5, 0.6) is 0 Å². The molecule has 3 heterocycles. The van der Waals surface area contributed by atoms with E-state index in [9.17, 15) is 13.6 Å². The topological polar surface area (TPSA) is 88.4 Å². The third kappa shape index (κ3) is 3.35. The molecule has 1 atom stereocenters. The number of carbonyl (C=O) groups excluding carboxylic acids is 1. The summed E-state index contributed by atoms with van der Waals surface area (Å²) in [5.74, 6) is -2.26. The van der Waals surface area contributed by atoms with Crippen molar-refractivity contribution >= 4 is 34.4 Å². The minimum atomic E-state index is -2.74. The van der Waals surface area contributed by atoms with E-state index < -0.39 is 17.5 Å². The first kappa shape index (κ1) is 19.0. The van der Waals surface area contributed by atoms with E-state index in [4.69, 9.17) is 20.8 Å². The Labute approximate surface area is 170 Å². The number of urea groups is 1. The first-order valence-electron chi connectivity index (χ1n) is 9.76. The molecule has 3 aliphatic rings. The van der Waals surface area contributed by atoms with Crippen molar-refractivity contribution in [1.29, 1.82) is 0 Å². The molecule has 1 saturated heterocycles. The van der Waals surface area contributed by atoms with Crippen molar-refractivity contribution in [1.82, 2.24) is 15.6 Å². The van der Waals surface area contributed by atoms with Crippen LogP contribution in [0, 0.1) is 0 Å². The molecule has 3 N–H and O–H groups in total. The molecule has 1 unspecified atom stereocenters. The number of rotatable bonds is 3. The van der Waals surface area contributed by atoms with E-state index in [1.54, 1.807) is 6.07 Å². The summed E-state index contributed by atoms with van der Waals surface area (Å²) in [5, 5.41) is 9.24. The second-order valence-corrected chi connectivity index (χ2v) is 8.43. The SMILES string of the molecule is O=C1Nc2c(Cl)cc3nc(CNC4CCOC4)oc3c2C2(CCC(F)(F)CC2)N1. The van der Waals surface area contributed by atoms with E-state index >= 15 is 0 Å². The van der Waals surface area contributed by atoms with E-state index in [1.807, 2.05) is 0 Å². The molecule has 5 rings (SSSR count). The summed E-state index contributed by atoms with van der Waals surface area (Å²) in [6.45, 7) is 1.79. The van der Waals surface area contributed by atoms with Gasteiger partial charge in [0.2, 0.25) is 11.8 Å². The molecular weight excluding hydrogens is 406 g/mol. The van der Waals surface area contributed by atoms with Crippen LogP contribution < -0.4 is 16.0 Å². The highest BCUT2D eigenvalue weighted by molar-refractivity contribution is 6.35. The van der Waals surface area contributed by atoms with Crippen molar-refractivity contribution in [3.63, 3.8) is 0 Å². The van der Waals surface area contributed by atoms with Crippen molar-refractivity contribution in [3.05, 3.63) is 22.5 Å². The molecule has 2 fully saturated rings. The van der Waals surface area contributed by atoms with Crippen molar-refractivity contribution < 1.29 is 22.7 Å². The third-order valence-electron chi connectivity index (χ3n) is 6.05. The predicted molar refractivity (Wildman–Crippen MR) is 102 cm³/mol. The molecule has 1 aliphatic carbocycles. The minimum Gasteiger partial charge on any atom is -0.439 e. The highest BCUT2D eigenvalue weighted by Gasteiger charge is 2.50. The lowest BCUT2D eigenvalue weighted by Gasteiger charge is -2.44. The largest absolute Gasteiger partial charge is 0.439 e. The lowest BCUT2D eigenvalue weighted by molar-refractivity contribution is -0.0552. The van der Waals surface area contributed by atoms with Crippen molar-refractivity contribution in [2.75, 3.05) is 18.5 Å². The fourth-order valence-corrected chi connectivity index (χ4v) is 4.75. The number of fused-ring (bicyclic) bond motifs is 4. The van der Waals surface area contributed by atoms with E-state index in [-0.39, 0.29) is 31.7 Å². The van der Waals surface area contributed by atoms with Crippen LogP contribution in [0.2, 0.25) is 5.02 Å². The molecule has 2 amide bonds. The number of ether oxygens (including phenoxy) is 1. The van der Waals surface area contributed by atoms with E-state index in [2.05, 4.69) is 20.9 Å². The molecule has 156 valence electrons. The zero-order valence-electron chi connectivity index (χ0n) is 15.6. The maximum absolute atomic E-state index is 13.9. The average molecular weight is 427 g/mol. The van der Waals surface area contributed by atoms with Gasteiger partial charge in [0.1, 0.15) is 5.52 Å². The fraction of sp³-hybridized carbons (Fsp3) is 0.579. The highest BCUT2D eigenvalue weighted by atomic mass is 35.5. The average Bonchev–Trinajstić information content (AvgIpc) is 3.32. The van der Waals surface area contributed by atoms with Crippen LogP contribution in [0.25, 0.3) is 11.1 Å². The number of alkyl halides is 2. The zero-order valence-corrected chi connectivity index (χ0v) is 16.4. The number of nitrogens with one attached hydrogen (secondary N) is 3. The number of halogens is 3. The Morgan fingerprint density at radius 1 is 1.31 bits per heavy atom. The zero-order chi connectivity index (χ0) is 20.2. The summed E-state index contributed by atoms with van der Waals surface area (Å²) in [6, 6.07) is 1.43. The standard InChI is InChI=1S/C19H21ClF2N4O3/c20-11-7-12-16(29-13(24-12)8-23-10-1-6-28-9-10)14-15(11)25-17(27)26-18(14)2-4-19(21,22)5-3-18/h7,10,23H,1-6,8-9H2,(H2,25,26,27). The summed E-state index contributed by atoms with van der Waals surface area (Å²) in [5.41, 5.74) is 1.09. The van der Waals surface area contributed by atoms with Gasteiger partial charge in [-0.05, 0) is 25.3 Å². The Hall–Kier alpha value is -1.97. The van der Waals surface area contributed by atoms with Crippen molar-refractivity contribution in [2.45, 2.75) is 56.2 Å². The normalized spacial score (nSPS) is 25.1.